The molecule has 1 saturated heterocycles. The number of fused-ring (bicyclic) bond motifs is 1. The number of amides is 1. The Balaban J connectivity index is 1.66. The van der Waals surface area contributed by atoms with Gasteiger partial charge in [-0.1, -0.05) is 12.0 Å². The van der Waals surface area contributed by atoms with Crippen molar-refractivity contribution in [1.82, 2.24) is 15.1 Å². The van der Waals surface area contributed by atoms with E-state index in [-0.39, 0.29) is 5.91 Å². The summed E-state index contributed by atoms with van der Waals surface area (Å²) in [6.45, 7) is 5.70. The van der Waals surface area contributed by atoms with Gasteiger partial charge in [0.1, 0.15) is 0 Å². The fraction of sp³-hybridized carbons (Fsp3) is 0.438. The maximum atomic E-state index is 12.5. The predicted octanol–water partition coefficient (Wildman–Crippen LogP) is 0.681. The van der Waals surface area contributed by atoms with E-state index >= 15 is 0 Å². The van der Waals surface area contributed by atoms with Gasteiger partial charge in [0.15, 0.2) is 0 Å². The Morgan fingerprint density at radius 2 is 1.95 bits per heavy atom. The van der Waals surface area contributed by atoms with Gasteiger partial charge in [0.2, 0.25) is 0 Å². The summed E-state index contributed by atoms with van der Waals surface area (Å²) in [5, 5.41) is 3.30. The molecule has 2 heterocycles. The average Bonchev–Trinajstić information content (AvgIpc) is 2.95. The van der Waals surface area contributed by atoms with E-state index in [9.17, 15) is 4.79 Å². The molecule has 0 bridgehead atoms. The third kappa shape index (κ3) is 2.55. The van der Waals surface area contributed by atoms with Crippen LogP contribution in [0.3, 0.4) is 0 Å². The summed E-state index contributed by atoms with van der Waals surface area (Å²) in [5.74, 6) is 2.80. The molecule has 4 nitrogen and oxygen atoms in total. The molecule has 0 saturated carbocycles. The summed E-state index contributed by atoms with van der Waals surface area (Å²) in [7, 11) is 0. The third-order valence-corrected chi connectivity index (χ3v) is 4.06. The summed E-state index contributed by atoms with van der Waals surface area (Å²) in [5.41, 5.74) is 3.36. The summed E-state index contributed by atoms with van der Waals surface area (Å²) < 4.78 is 0. The number of rotatable bonds is 2. The molecule has 0 radical (unpaired) electrons. The molecule has 0 aromatic heterocycles. The molecule has 4 heteroatoms. The van der Waals surface area contributed by atoms with Gasteiger partial charge < -0.3 is 10.2 Å². The van der Waals surface area contributed by atoms with Crippen LogP contribution in [0.15, 0.2) is 18.2 Å². The monoisotopic (exact) mass is 269 g/mol. The molecule has 0 atom stereocenters. The highest BCUT2D eigenvalue weighted by atomic mass is 16.2. The van der Waals surface area contributed by atoms with Gasteiger partial charge in [-0.3, -0.25) is 9.69 Å². The number of terminal acetylenes is 1. The van der Waals surface area contributed by atoms with E-state index in [0.29, 0.717) is 6.54 Å². The van der Waals surface area contributed by atoms with Gasteiger partial charge >= 0.3 is 0 Å². The van der Waals surface area contributed by atoms with E-state index < -0.39 is 0 Å². The predicted molar refractivity (Wildman–Crippen MR) is 78.2 cm³/mol. The number of hydrogen-bond acceptors (Lipinski definition) is 3. The second-order valence-electron chi connectivity index (χ2n) is 5.36. The molecule has 1 aromatic carbocycles. The van der Waals surface area contributed by atoms with Gasteiger partial charge in [0, 0.05) is 44.8 Å². The first-order chi connectivity index (χ1) is 9.78. The van der Waals surface area contributed by atoms with Gasteiger partial charge in [0.05, 0.1) is 6.54 Å². The van der Waals surface area contributed by atoms with Crippen LogP contribution in [0.2, 0.25) is 0 Å². The molecular weight excluding hydrogens is 250 g/mol. The van der Waals surface area contributed by atoms with Gasteiger partial charge in [-0.2, -0.15) is 0 Å². The van der Waals surface area contributed by atoms with Crippen molar-refractivity contribution in [2.45, 2.75) is 13.1 Å². The first-order valence-electron chi connectivity index (χ1n) is 7.05. The van der Waals surface area contributed by atoms with Crippen LogP contribution in [-0.2, 0) is 13.1 Å². The smallest absolute Gasteiger partial charge is 0.253 e. The van der Waals surface area contributed by atoms with Crippen molar-refractivity contribution in [3.63, 3.8) is 0 Å². The van der Waals surface area contributed by atoms with Crippen molar-refractivity contribution in [2.75, 3.05) is 32.7 Å². The zero-order valence-electron chi connectivity index (χ0n) is 11.6. The molecule has 1 amide bonds. The van der Waals surface area contributed by atoms with Gasteiger partial charge in [-0.15, -0.1) is 6.42 Å². The van der Waals surface area contributed by atoms with Crippen LogP contribution in [-0.4, -0.2) is 48.4 Å². The summed E-state index contributed by atoms with van der Waals surface area (Å²) in [4.78, 5) is 16.6. The maximum Gasteiger partial charge on any atom is 0.253 e. The van der Waals surface area contributed by atoms with Crippen molar-refractivity contribution in [3.8, 4) is 12.3 Å². The van der Waals surface area contributed by atoms with E-state index in [2.05, 4.69) is 22.2 Å². The van der Waals surface area contributed by atoms with Crippen LogP contribution in [0.25, 0.3) is 0 Å². The second-order valence-corrected chi connectivity index (χ2v) is 5.36. The van der Waals surface area contributed by atoms with Crippen LogP contribution < -0.4 is 5.32 Å². The first-order valence-corrected chi connectivity index (χ1v) is 7.05. The highest BCUT2D eigenvalue weighted by Gasteiger charge is 2.22. The summed E-state index contributed by atoms with van der Waals surface area (Å²) >= 11 is 0. The fourth-order valence-corrected chi connectivity index (χ4v) is 2.85. The highest BCUT2D eigenvalue weighted by molar-refractivity contribution is 5.94. The van der Waals surface area contributed by atoms with Crippen LogP contribution in [0.4, 0.5) is 0 Å². The lowest BCUT2D eigenvalue weighted by atomic mass is 10.1. The number of nitrogens with zero attached hydrogens (tertiary/aromatic N) is 2. The molecule has 2 aliphatic heterocycles. The zero-order valence-corrected chi connectivity index (χ0v) is 11.6. The number of nitrogens with one attached hydrogen (secondary N) is 1. The average molecular weight is 269 g/mol. The number of piperazine rings is 1. The minimum atomic E-state index is 0.139. The molecule has 0 spiro atoms. The van der Waals surface area contributed by atoms with Crippen LogP contribution in [0, 0.1) is 12.3 Å². The summed E-state index contributed by atoms with van der Waals surface area (Å²) in [6.07, 6.45) is 5.32. The van der Waals surface area contributed by atoms with E-state index in [1.165, 1.54) is 11.1 Å². The topological polar surface area (TPSA) is 35.6 Å². The Hall–Kier alpha value is -1.83. The largest absolute Gasteiger partial charge is 0.336 e. The molecule has 1 fully saturated rings. The van der Waals surface area contributed by atoms with E-state index in [4.69, 9.17) is 6.42 Å². The highest BCUT2D eigenvalue weighted by Crippen LogP contribution is 2.18. The minimum absolute atomic E-state index is 0.139. The Kier molecular flexibility index (Phi) is 3.72. The molecule has 3 rings (SSSR count). The standard InChI is InChI=1S/C16H19N3O/c1-2-5-18-6-8-19(9-7-18)16(20)13-3-4-14-11-17-12-15(14)10-13/h1,3-4,10,17H,5-9,11-12H2. The van der Waals surface area contributed by atoms with Crippen molar-refractivity contribution >= 4 is 5.91 Å². The minimum Gasteiger partial charge on any atom is -0.336 e. The van der Waals surface area contributed by atoms with Crippen molar-refractivity contribution in [3.05, 3.63) is 34.9 Å². The molecular formula is C16H19N3O. The molecule has 1 N–H and O–H groups in total. The zero-order chi connectivity index (χ0) is 13.9. The van der Waals surface area contributed by atoms with Crippen LogP contribution in [0.5, 0.6) is 0 Å². The van der Waals surface area contributed by atoms with Crippen LogP contribution in [0.1, 0.15) is 21.5 Å². The lowest BCUT2D eigenvalue weighted by Gasteiger charge is -2.33. The molecule has 0 aliphatic carbocycles. The number of carbonyl (C=O) groups is 1. The molecule has 1 aromatic rings. The van der Waals surface area contributed by atoms with Crippen molar-refractivity contribution in [1.29, 1.82) is 0 Å². The number of benzene rings is 1. The fourth-order valence-electron chi connectivity index (χ4n) is 2.85. The van der Waals surface area contributed by atoms with Gasteiger partial charge in [-0.25, -0.2) is 0 Å². The van der Waals surface area contributed by atoms with E-state index in [0.717, 1.165) is 44.8 Å². The van der Waals surface area contributed by atoms with Crippen molar-refractivity contribution in [2.24, 2.45) is 0 Å². The van der Waals surface area contributed by atoms with Crippen LogP contribution >= 0.6 is 0 Å². The second kappa shape index (κ2) is 5.66. The van der Waals surface area contributed by atoms with E-state index in [1.807, 2.05) is 17.0 Å². The number of carbonyl (C=O) groups excluding carboxylic acids is 1. The molecule has 104 valence electrons. The lowest BCUT2D eigenvalue weighted by Crippen LogP contribution is -2.48. The molecule has 0 unspecified atom stereocenters. The Bertz CT molecular complexity index is 553. The normalized spacial score (nSPS) is 18.6. The van der Waals surface area contributed by atoms with Gasteiger partial charge in [-0.05, 0) is 23.3 Å². The molecule has 20 heavy (non-hydrogen) atoms. The quantitative estimate of drug-likeness (QED) is 0.802. The Morgan fingerprint density at radius 1 is 1.20 bits per heavy atom. The number of hydrogen-bond donors (Lipinski definition) is 1. The van der Waals surface area contributed by atoms with E-state index in [1.54, 1.807) is 0 Å². The van der Waals surface area contributed by atoms with Crippen molar-refractivity contribution < 1.29 is 4.79 Å². The Labute approximate surface area is 119 Å². The SMILES string of the molecule is C#CCN1CCN(C(=O)c2ccc3c(c2)CNC3)CC1. The molecule has 2 aliphatic rings. The van der Waals surface area contributed by atoms with Gasteiger partial charge in [0.25, 0.3) is 5.91 Å². The maximum absolute atomic E-state index is 12.5. The summed E-state index contributed by atoms with van der Waals surface area (Å²) in [6, 6.07) is 6.05. The lowest BCUT2D eigenvalue weighted by molar-refractivity contribution is 0.0652. The first kappa shape index (κ1) is 13.2. The third-order valence-electron chi connectivity index (χ3n) is 4.06. The Morgan fingerprint density at radius 3 is 2.70 bits per heavy atom.